The fraction of sp³-hybridized carbons (Fsp3) is 0.105. The van der Waals surface area contributed by atoms with Crippen LogP contribution in [0.15, 0.2) is 70.9 Å². The lowest BCUT2D eigenvalue weighted by molar-refractivity contribution is 0.102. The standard InChI is InChI=1S/C19H18N2O3S2/c1-21(2)26(23,24)15-11-9-14(10-12-15)19(22)20-17-7-4-3-6-16(17)18-8-5-13-25-18/h3-13H,1-2H3,(H,20,22). The van der Waals surface area contributed by atoms with Gasteiger partial charge in [0.2, 0.25) is 10.0 Å². The fourth-order valence-corrected chi connectivity index (χ4v) is 4.09. The lowest BCUT2D eigenvalue weighted by Gasteiger charge is -2.12. The number of carbonyl (C=O) groups excluding carboxylic acids is 1. The molecule has 1 N–H and O–H groups in total. The minimum absolute atomic E-state index is 0.151. The highest BCUT2D eigenvalue weighted by molar-refractivity contribution is 7.89. The number of carbonyl (C=O) groups is 1. The third-order valence-electron chi connectivity index (χ3n) is 3.86. The van der Waals surface area contributed by atoms with Crippen LogP contribution in [-0.4, -0.2) is 32.7 Å². The molecule has 1 amide bonds. The summed E-state index contributed by atoms with van der Waals surface area (Å²) >= 11 is 1.60. The number of anilines is 1. The summed E-state index contributed by atoms with van der Waals surface area (Å²) in [6.45, 7) is 0. The van der Waals surface area contributed by atoms with Crippen LogP contribution in [0.4, 0.5) is 5.69 Å². The zero-order valence-corrected chi connectivity index (χ0v) is 16.0. The Bertz CT molecular complexity index is 1010. The number of benzene rings is 2. The smallest absolute Gasteiger partial charge is 0.255 e. The first-order valence-corrected chi connectivity index (χ1v) is 10.2. The summed E-state index contributed by atoms with van der Waals surface area (Å²) in [5.41, 5.74) is 2.05. The maximum Gasteiger partial charge on any atom is 0.255 e. The number of amides is 1. The van der Waals surface area contributed by atoms with Crippen molar-refractivity contribution >= 4 is 33.0 Å². The Hall–Kier alpha value is -2.48. The van der Waals surface area contributed by atoms with E-state index in [1.54, 1.807) is 11.3 Å². The third kappa shape index (κ3) is 3.70. The molecule has 0 aliphatic rings. The van der Waals surface area contributed by atoms with Crippen molar-refractivity contribution in [2.75, 3.05) is 19.4 Å². The maximum absolute atomic E-state index is 12.6. The van der Waals surface area contributed by atoms with Crippen LogP contribution in [0.2, 0.25) is 0 Å². The number of para-hydroxylation sites is 1. The molecule has 0 aliphatic carbocycles. The third-order valence-corrected chi connectivity index (χ3v) is 6.59. The van der Waals surface area contributed by atoms with E-state index in [2.05, 4.69) is 5.32 Å². The van der Waals surface area contributed by atoms with E-state index in [0.717, 1.165) is 14.7 Å². The van der Waals surface area contributed by atoms with Gasteiger partial charge in [-0.3, -0.25) is 4.79 Å². The molecule has 0 fully saturated rings. The van der Waals surface area contributed by atoms with Gasteiger partial charge in [-0.2, -0.15) is 0 Å². The molecule has 26 heavy (non-hydrogen) atoms. The molecule has 5 nitrogen and oxygen atoms in total. The van der Waals surface area contributed by atoms with Gasteiger partial charge < -0.3 is 5.32 Å². The second kappa shape index (κ2) is 7.41. The molecule has 0 radical (unpaired) electrons. The molecule has 7 heteroatoms. The zero-order chi connectivity index (χ0) is 18.7. The molecular weight excluding hydrogens is 368 g/mol. The first kappa shape index (κ1) is 18.3. The molecule has 0 unspecified atom stereocenters. The van der Waals surface area contributed by atoms with E-state index in [1.807, 2.05) is 41.8 Å². The van der Waals surface area contributed by atoms with E-state index in [-0.39, 0.29) is 10.8 Å². The quantitative estimate of drug-likeness (QED) is 0.723. The van der Waals surface area contributed by atoms with Crippen LogP contribution in [-0.2, 0) is 10.0 Å². The van der Waals surface area contributed by atoms with Crippen molar-refractivity contribution < 1.29 is 13.2 Å². The molecule has 2 aromatic carbocycles. The van der Waals surface area contributed by atoms with Crippen LogP contribution in [0.3, 0.4) is 0 Å². The summed E-state index contributed by atoms with van der Waals surface area (Å²) in [6.07, 6.45) is 0. The second-order valence-electron chi connectivity index (χ2n) is 5.79. The number of nitrogens with zero attached hydrogens (tertiary/aromatic N) is 1. The highest BCUT2D eigenvalue weighted by Gasteiger charge is 2.18. The van der Waals surface area contributed by atoms with Gasteiger partial charge in [0.25, 0.3) is 5.91 Å². The van der Waals surface area contributed by atoms with Gasteiger partial charge in [-0.1, -0.05) is 24.3 Å². The van der Waals surface area contributed by atoms with Crippen molar-refractivity contribution in [2.24, 2.45) is 0 Å². The summed E-state index contributed by atoms with van der Waals surface area (Å²) in [5, 5.41) is 4.89. The highest BCUT2D eigenvalue weighted by Crippen LogP contribution is 2.31. The van der Waals surface area contributed by atoms with Crippen LogP contribution in [0.5, 0.6) is 0 Å². The van der Waals surface area contributed by atoms with Crippen molar-refractivity contribution in [3.05, 3.63) is 71.6 Å². The van der Waals surface area contributed by atoms with Gasteiger partial charge in [0, 0.05) is 35.8 Å². The van der Waals surface area contributed by atoms with Gasteiger partial charge in [0.15, 0.2) is 0 Å². The van der Waals surface area contributed by atoms with Crippen molar-refractivity contribution in [3.63, 3.8) is 0 Å². The second-order valence-corrected chi connectivity index (χ2v) is 8.89. The number of hydrogen-bond donors (Lipinski definition) is 1. The molecule has 0 bridgehead atoms. The Morgan fingerprint density at radius 2 is 1.65 bits per heavy atom. The van der Waals surface area contributed by atoms with Gasteiger partial charge in [0.1, 0.15) is 0 Å². The van der Waals surface area contributed by atoms with Gasteiger partial charge in [-0.25, -0.2) is 12.7 Å². The van der Waals surface area contributed by atoms with Crippen LogP contribution < -0.4 is 5.32 Å². The Kier molecular flexibility index (Phi) is 5.22. The van der Waals surface area contributed by atoms with E-state index < -0.39 is 10.0 Å². The van der Waals surface area contributed by atoms with E-state index in [0.29, 0.717) is 11.3 Å². The summed E-state index contributed by atoms with van der Waals surface area (Å²) in [6, 6.07) is 17.4. The van der Waals surface area contributed by atoms with Crippen LogP contribution in [0.1, 0.15) is 10.4 Å². The largest absolute Gasteiger partial charge is 0.321 e. The Balaban J connectivity index is 1.84. The monoisotopic (exact) mass is 386 g/mol. The predicted molar refractivity (Wildman–Crippen MR) is 105 cm³/mol. The average Bonchev–Trinajstić information content (AvgIpc) is 3.16. The predicted octanol–water partition coefficient (Wildman–Crippen LogP) is 3.92. The van der Waals surface area contributed by atoms with Gasteiger partial charge in [-0.05, 0) is 41.8 Å². The fourth-order valence-electron chi connectivity index (χ4n) is 2.42. The summed E-state index contributed by atoms with van der Waals surface area (Å²) < 4.78 is 25.4. The molecule has 134 valence electrons. The van der Waals surface area contributed by atoms with Crippen molar-refractivity contribution in [1.82, 2.24) is 4.31 Å². The first-order chi connectivity index (χ1) is 12.4. The molecular formula is C19H18N2O3S2. The molecule has 1 aromatic heterocycles. The van der Waals surface area contributed by atoms with Crippen molar-refractivity contribution in [2.45, 2.75) is 4.90 Å². The molecule has 0 atom stereocenters. The number of sulfonamides is 1. The molecule has 1 heterocycles. The Labute approximate surface area is 157 Å². The number of hydrogen-bond acceptors (Lipinski definition) is 4. The van der Waals surface area contributed by atoms with Crippen molar-refractivity contribution in [3.8, 4) is 10.4 Å². The highest BCUT2D eigenvalue weighted by atomic mass is 32.2. The average molecular weight is 386 g/mol. The van der Waals surface area contributed by atoms with Crippen LogP contribution in [0.25, 0.3) is 10.4 Å². The minimum atomic E-state index is -3.51. The number of nitrogens with one attached hydrogen (secondary N) is 1. The van der Waals surface area contributed by atoms with E-state index >= 15 is 0 Å². The Morgan fingerprint density at radius 3 is 2.27 bits per heavy atom. The minimum Gasteiger partial charge on any atom is -0.321 e. The molecule has 3 aromatic rings. The molecule has 0 spiro atoms. The van der Waals surface area contributed by atoms with E-state index in [1.165, 1.54) is 38.4 Å². The maximum atomic E-state index is 12.6. The normalized spacial score (nSPS) is 11.5. The molecule has 3 rings (SSSR count). The molecule has 0 aliphatic heterocycles. The van der Waals surface area contributed by atoms with E-state index in [4.69, 9.17) is 0 Å². The molecule has 0 saturated carbocycles. The number of thiophene rings is 1. The van der Waals surface area contributed by atoms with E-state index in [9.17, 15) is 13.2 Å². The molecule has 0 saturated heterocycles. The zero-order valence-electron chi connectivity index (χ0n) is 14.3. The summed E-state index contributed by atoms with van der Waals surface area (Å²) in [7, 11) is -0.572. The Morgan fingerprint density at radius 1 is 0.962 bits per heavy atom. The summed E-state index contributed by atoms with van der Waals surface area (Å²) in [5.74, 6) is -0.289. The van der Waals surface area contributed by atoms with Crippen molar-refractivity contribution in [1.29, 1.82) is 0 Å². The lowest BCUT2D eigenvalue weighted by atomic mass is 10.1. The van der Waals surface area contributed by atoms with Crippen LogP contribution in [0, 0.1) is 0 Å². The lowest BCUT2D eigenvalue weighted by Crippen LogP contribution is -2.22. The van der Waals surface area contributed by atoms with Gasteiger partial charge in [-0.15, -0.1) is 11.3 Å². The summed E-state index contributed by atoms with van der Waals surface area (Å²) in [4.78, 5) is 13.8. The van der Waals surface area contributed by atoms with Gasteiger partial charge >= 0.3 is 0 Å². The van der Waals surface area contributed by atoms with Crippen LogP contribution >= 0.6 is 11.3 Å². The van der Waals surface area contributed by atoms with Gasteiger partial charge in [0.05, 0.1) is 4.90 Å². The topological polar surface area (TPSA) is 66.5 Å². The number of rotatable bonds is 5. The first-order valence-electron chi connectivity index (χ1n) is 7.86. The SMILES string of the molecule is CN(C)S(=O)(=O)c1ccc(C(=O)Nc2ccccc2-c2cccs2)cc1.